The van der Waals surface area contributed by atoms with Gasteiger partial charge in [0.1, 0.15) is 10.0 Å². The molecular weight excluding hydrogens is 406 g/mol. The number of thiazole rings is 1. The summed E-state index contributed by atoms with van der Waals surface area (Å²) in [5.41, 5.74) is 2.31. The number of nitrogens with one attached hydrogen (secondary N) is 1. The highest BCUT2D eigenvalue weighted by Crippen LogP contribution is 2.37. The maximum absolute atomic E-state index is 12.8. The number of fused-ring (bicyclic) bond motifs is 1. The molecule has 1 atom stereocenters. The highest BCUT2D eigenvalue weighted by molar-refractivity contribution is 7.18. The molecule has 4 rings (SSSR count). The average molecular weight is 430 g/mol. The van der Waals surface area contributed by atoms with Gasteiger partial charge in [-0.1, -0.05) is 12.1 Å². The number of amides is 1. The van der Waals surface area contributed by atoms with Crippen LogP contribution in [0.5, 0.6) is 0 Å². The van der Waals surface area contributed by atoms with Crippen molar-refractivity contribution in [2.75, 3.05) is 25.5 Å². The molecule has 2 aromatic heterocycles. The second-order valence-corrected chi connectivity index (χ2v) is 9.46. The first-order valence-electron chi connectivity index (χ1n) is 9.55. The highest BCUT2D eigenvalue weighted by Gasteiger charge is 2.30. The third-order valence-electron chi connectivity index (χ3n) is 5.33. The molecule has 1 fully saturated rings. The van der Waals surface area contributed by atoms with Crippen LogP contribution in [0, 0.1) is 13.8 Å². The Kier molecular flexibility index (Phi) is 5.67. The van der Waals surface area contributed by atoms with Crippen LogP contribution < -0.4 is 5.32 Å². The van der Waals surface area contributed by atoms with Crippen LogP contribution in [-0.2, 0) is 9.53 Å². The number of hydrogen-bond acceptors (Lipinski definition) is 7. The molecule has 0 saturated carbocycles. The summed E-state index contributed by atoms with van der Waals surface area (Å²) in [6, 6.07) is 8.28. The third kappa shape index (κ3) is 3.92. The van der Waals surface area contributed by atoms with Crippen LogP contribution in [0.1, 0.15) is 44.7 Å². The van der Waals surface area contributed by atoms with Gasteiger partial charge >= 0.3 is 5.97 Å². The number of carbonyl (C=O) groups is 2. The first-order chi connectivity index (χ1) is 14.0. The van der Waals surface area contributed by atoms with Gasteiger partial charge < -0.3 is 10.1 Å². The molecule has 1 unspecified atom stereocenters. The molecule has 8 heteroatoms. The molecule has 29 heavy (non-hydrogen) atoms. The third-order valence-corrected chi connectivity index (χ3v) is 7.59. The van der Waals surface area contributed by atoms with Gasteiger partial charge in [-0.15, -0.1) is 22.7 Å². The molecule has 6 nitrogen and oxygen atoms in total. The van der Waals surface area contributed by atoms with E-state index in [1.165, 1.54) is 23.1 Å². The van der Waals surface area contributed by atoms with Crippen molar-refractivity contribution in [3.8, 4) is 0 Å². The summed E-state index contributed by atoms with van der Waals surface area (Å²) in [5, 5.41) is 4.56. The van der Waals surface area contributed by atoms with Gasteiger partial charge in [-0.05, 0) is 50.9 Å². The minimum absolute atomic E-state index is 0.121. The van der Waals surface area contributed by atoms with E-state index in [-0.39, 0.29) is 18.5 Å². The molecule has 1 aliphatic rings. The molecule has 0 aliphatic carbocycles. The number of para-hydroxylation sites is 1. The number of rotatable bonds is 5. The zero-order chi connectivity index (χ0) is 20.5. The number of thiophene rings is 1. The van der Waals surface area contributed by atoms with Crippen molar-refractivity contribution in [3.63, 3.8) is 0 Å². The molecule has 1 aliphatic heterocycles. The number of likely N-dealkylation sites (tertiary alicyclic amines) is 1. The molecule has 152 valence electrons. The fraction of sp³-hybridized carbons (Fsp3) is 0.381. The average Bonchev–Trinajstić information content (AvgIpc) is 3.39. The Morgan fingerprint density at radius 3 is 2.83 bits per heavy atom. The predicted molar refractivity (Wildman–Crippen MR) is 117 cm³/mol. The van der Waals surface area contributed by atoms with Crippen LogP contribution in [0.3, 0.4) is 0 Å². The number of carbonyl (C=O) groups excluding carboxylic acids is 2. The Labute approximate surface area is 177 Å². The van der Waals surface area contributed by atoms with E-state index in [9.17, 15) is 9.59 Å². The summed E-state index contributed by atoms with van der Waals surface area (Å²) < 4.78 is 6.06. The molecule has 0 bridgehead atoms. The fourth-order valence-corrected chi connectivity index (χ4v) is 5.94. The summed E-state index contributed by atoms with van der Waals surface area (Å²) >= 11 is 3.11. The van der Waals surface area contributed by atoms with E-state index >= 15 is 0 Å². The van der Waals surface area contributed by atoms with Gasteiger partial charge in [0.15, 0.2) is 0 Å². The second kappa shape index (κ2) is 8.22. The number of benzene rings is 1. The summed E-state index contributed by atoms with van der Waals surface area (Å²) in [6.07, 6.45) is 2.04. The number of ether oxygens (including phenoxy) is 1. The van der Waals surface area contributed by atoms with Crippen LogP contribution in [0.2, 0.25) is 0 Å². The molecule has 3 heterocycles. The first-order valence-corrected chi connectivity index (χ1v) is 11.2. The lowest BCUT2D eigenvalue weighted by Gasteiger charge is -2.22. The van der Waals surface area contributed by atoms with Gasteiger partial charge in [0.25, 0.3) is 0 Å². The zero-order valence-electron chi connectivity index (χ0n) is 16.7. The van der Waals surface area contributed by atoms with E-state index in [1.807, 2.05) is 32.0 Å². The number of nitrogens with zero attached hydrogens (tertiary/aromatic N) is 2. The molecule has 1 N–H and O–H groups in total. The number of anilines is 1. The second-order valence-electron chi connectivity index (χ2n) is 7.18. The largest absolute Gasteiger partial charge is 0.465 e. The van der Waals surface area contributed by atoms with Crippen molar-refractivity contribution in [2.45, 2.75) is 32.7 Å². The Hall–Kier alpha value is -2.29. The quantitative estimate of drug-likeness (QED) is 0.603. The van der Waals surface area contributed by atoms with Gasteiger partial charge in [-0.25, -0.2) is 9.78 Å². The highest BCUT2D eigenvalue weighted by atomic mass is 32.1. The smallest absolute Gasteiger partial charge is 0.341 e. The van der Waals surface area contributed by atoms with Crippen molar-refractivity contribution in [1.29, 1.82) is 0 Å². The SMILES string of the molecule is COC(=O)c1c(NC(=O)CN2CCCC2c2nc3ccccc3s2)sc(C)c1C. The first kappa shape index (κ1) is 20.0. The van der Waals surface area contributed by atoms with E-state index in [0.717, 1.165) is 40.4 Å². The van der Waals surface area contributed by atoms with E-state index < -0.39 is 5.97 Å². The maximum Gasteiger partial charge on any atom is 0.341 e. The summed E-state index contributed by atoms with van der Waals surface area (Å²) in [7, 11) is 1.35. The number of hydrogen-bond donors (Lipinski definition) is 1. The van der Waals surface area contributed by atoms with Gasteiger partial charge in [0, 0.05) is 4.88 Å². The standard InChI is InChI=1S/C21H23N3O3S2/c1-12-13(2)28-20(18(12)21(26)27-3)23-17(25)11-24-10-6-8-15(24)19-22-14-7-4-5-9-16(14)29-19/h4-5,7,9,15H,6,8,10-11H2,1-3H3,(H,23,25). The zero-order valence-corrected chi connectivity index (χ0v) is 18.3. The van der Waals surface area contributed by atoms with Gasteiger partial charge in [-0.3, -0.25) is 9.69 Å². The van der Waals surface area contributed by atoms with Crippen molar-refractivity contribution in [2.24, 2.45) is 0 Å². The number of methoxy groups -OCH3 is 1. The topological polar surface area (TPSA) is 71.5 Å². The van der Waals surface area contributed by atoms with E-state index in [2.05, 4.69) is 16.3 Å². The summed E-state index contributed by atoms with van der Waals surface area (Å²) in [4.78, 5) is 32.9. The molecule has 1 saturated heterocycles. The monoisotopic (exact) mass is 429 g/mol. The van der Waals surface area contributed by atoms with Crippen LogP contribution in [0.25, 0.3) is 10.2 Å². The molecule has 1 aromatic carbocycles. The molecule has 0 spiro atoms. The predicted octanol–water partition coefficient (Wildman–Crippen LogP) is 4.54. The lowest BCUT2D eigenvalue weighted by Crippen LogP contribution is -2.33. The molecule has 1 amide bonds. The van der Waals surface area contributed by atoms with Crippen LogP contribution in [0.4, 0.5) is 5.00 Å². The van der Waals surface area contributed by atoms with E-state index in [4.69, 9.17) is 9.72 Å². The van der Waals surface area contributed by atoms with Crippen molar-refractivity contribution < 1.29 is 14.3 Å². The van der Waals surface area contributed by atoms with E-state index in [0.29, 0.717) is 10.6 Å². The van der Waals surface area contributed by atoms with Gasteiger partial charge in [0.05, 0.1) is 35.5 Å². The fourth-order valence-electron chi connectivity index (χ4n) is 3.74. The number of aryl methyl sites for hydroxylation is 1. The van der Waals surface area contributed by atoms with Crippen LogP contribution in [-0.4, -0.2) is 42.0 Å². The van der Waals surface area contributed by atoms with Gasteiger partial charge in [0.2, 0.25) is 5.91 Å². The minimum Gasteiger partial charge on any atom is -0.465 e. The summed E-state index contributed by atoms with van der Waals surface area (Å²) in [6.45, 7) is 4.95. The Morgan fingerprint density at radius 1 is 1.28 bits per heavy atom. The number of aromatic nitrogens is 1. The lowest BCUT2D eigenvalue weighted by atomic mass is 10.1. The maximum atomic E-state index is 12.8. The molecular formula is C21H23N3O3S2. The van der Waals surface area contributed by atoms with Crippen molar-refractivity contribution in [1.82, 2.24) is 9.88 Å². The van der Waals surface area contributed by atoms with Crippen LogP contribution in [0.15, 0.2) is 24.3 Å². The van der Waals surface area contributed by atoms with Crippen LogP contribution >= 0.6 is 22.7 Å². The molecule has 0 radical (unpaired) electrons. The Bertz CT molecular complexity index is 1040. The van der Waals surface area contributed by atoms with Crippen molar-refractivity contribution >= 4 is 49.8 Å². The lowest BCUT2D eigenvalue weighted by molar-refractivity contribution is -0.117. The summed E-state index contributed by atoms with van der Waals surface area (Å²) in [5.74, 6) is -0.542. The normalized spacial score (nSPS) is 17.0. The minimum atomic E-state index is -0.421. The van der Waals surface area contributed by atoms with Crippen molar-refractivity contribution in [3.05, 3.63) is 45.3 Å². The Balaban J connectivity index is 1.49. The van der Waals surface area contributed by atoms with E-state index in [1.54, 1.807) is 11.3 Å². The molecule has 3 aromatic rings. The van der Waals surface area contributed by atoms with Gasteiger partial charge in [-0.2, -0.15) is 0 Å². The number of esters is 1. The Morgan fingerprint density at radius 2 is 2.07 bits per heavy atom.